The number of piperazine rings is 1. The Balaban J connectivity index is 1.33. The predicted octanol–water partition coefficient (Wildman–Crippen LogP) is 3.46. The van der Waals surface area contributed by atoms with Crippen molar-refractivity contribution in [1.29, 1.82) is 0 Å². The lowest BCUT2D eigenvalue weighted by molar-refractivity contribution is 0.0535. The Kier molecular flexibility index (Phi) is 5.97. The first-order valence-electron chi connectivity index (χ1n) is 10.9. The molecule has 34 heavy (non-hydrogen) atoms. The standard InChI is InChI=1S/C24H22ClN5O3S/c1-14-19-21(31)27-18(11-15-5-3-2-4-6-15)28-22(19)34-20(14)24(33)30-9-7-29(8-10-30)23(32)17-12-16(25)13-26-17/h2-6,12-13,26H,7-11H2,1H3,(H,27,28,31). The topological polar surface area (TPSA) is 102 Å². The molecular weight excluding hydrogens is 474 g/mol. The highest BCUT2D eigenvalue weighted by atomic mass is 35.5. The van der Waals surface area contributed by atoms with Crippen LogP contribution < -0.4 is 5.56 Å². The van der Waals surface area contributed by atoms with Gasteiger partial charge in [0.05, 0.1) is 15.3 Å². The Hall–Kier alpha value is -3.43. The van der Waals surface area contributed by atoms with E-state index < -0.39 is 0 Å². The molecule has 1 aromatic carbocycles. The summed E-state index contributed by atoms with van der Waals surface area (Å²) in [6.07, 6.45) is 2.08. The van der Waals surface area contributed by atoms with Gasteiger partial charge in [0.2, 0.25) is 0 Å². The number of aromatic nitrogens is 3. The number of nitrogens with zero attached hydrogens (tertiary/aromatic N) is 3. The summed E-state index contributed by atoms with van der Waals surface area (Å²) >= 11 is 7.15. The Morgan fingerprint density at radius 1 is 1.09 bits per heavy atom. The second kappa shape index (κ2) is 9.08. The van der Waals surface area contributed by atoms with Gasteiger partial charge in [0.25, 0.3) is 17.4 Å². The molecule has 1 fully saturated rings. The van der Waals surface area contributed by atoms with Crippen molar-refractivity contribution in [3.05, 3.63) is 85.5 Å². The van der Waals surface area contributed by atoms with E-state index in [2.05, 4.69) is 15.0 Å². The van der Waals surface area contributed by atoms with Crippen LogP contribution in [0.4, 0.5) is 0 Å². The Labute approximate surface area is 204 Å². The first kappa shape index (κ1) is 22.4. The van der Waals surface area contributed by atoms with Gasteiger partial charge in [-0.1, -0.05) is 41.9 Å². The van der Waals surface area contributed by atoms with Crippen molar-refractivity contribution in [1.82, 2.24) is 24.8 Å². The number of benzene rings is 1. The molecule has 0 radical (unpaired) electrons. The number of halogens is 1. The quantitative estimate of drug-likeness (QED) is 0.452. The Bertz CT molecular complexity index is 1430. The molecule has 4 heterocycles. The van der Waals surface area contributed by atoms with E-state index >= 15 is 0 Å². The van der Waals surface area contributed by atoms with E-state index in [9.17, 15) is 14.4 Å². The number of carbonyl (C=O) groups is 2. The minimum Gasteiger partial charge on any atom is -0.356 e. The summed E-state index contributed by atoms with van der Waals surface area (Å²) < 4.78 is 0. The SMILES string of the molecule is Cc1c(C(=O)N2CCN(C(=O)c3cc(Cl)c[nH]3)CC2)sc2nc(Cc3ccccc3)[nH]c(=O)c12. The van der Waals surface area contributed by atoms with Crippen LogP contribution in [0, 0.1) is 6.92 Å². The van der Waals surface area contributed by atoms with E-state index in [1.54, 1.807) is 29.0 Å². The number of amides is 2. The Morgan fingerprint density at radius 3 is 2.41 bits per heavy atom. The lowest BCUT2D eigenvalue weighted by atomic mass is 10.1. The van der Waals surface area contributed by atoms with E-state index in [1.165, 1.54) is 11.3 Å². The van der Waals surface area contributed by atoms with E-state index in [-0.39, 0.29) is 17.4 Å². The number of H-pyrrole nitrogens is 2. The second-order valence-corrected chi connectivity index (χ2v) is 9.66. The minimum absolute atomic E-state index is 0.139. The lowest BCUT2D eigenvalue weighted by Gasteiger charge is -2.34. The second-order valence-electron chi connectivity index (χ2n) is 8.23. The summed E-state index contributed by atoms with van der Waals surface area (Å²) in [6.45, 7) is 3.45. The molecule has 1 saturated heterocycles. The summed E-state index contributed by atoms with van der Waals surface area (Å²) in [4.78, 5) is 53.6. The number of hydrogen-bond donors (Lipinski definition) is 2. The number of nitrogens with one attached hydrogen (secondary N) is 2. The van der Waals surface area contributed by atoms with Gasteiger partial charge >= 0.3 is 0 Å². The van der Waals surface area contributed by atoms with Gasteiger partial charge in [0.15, 0.2) is 0 Å². The highest BCUT2D eigenvalue weighted by Crippen LogP contribution is 2.29. The van der Waals surface area contributed by atoms with Crippen LogP contribution in [-0.2, 0) is 6.42 Å². The molecule has 10 heteroatoms. The van der Waals surface area contributed by atoms with Gasteiger partial charge in [-0.25, -0.2) is 4.98 Å². The minimum atomic E-state index is -0.233. The van der Waals surface area contributed by atoms with Crippen molar-refractivity contribution < 1.29 is 9.59 Å². The number of thiophene rings is 1. The third-order valence-corrected chi connectivity index (χ3v) is 7.38. The first-order valence-corrected chi connectivity index (χ1v) is 12.1. The van der Waals surface area contributed by atoms with E-state index in [1.807, 2.05) is 30.3 Å². The number of aromatic amines is 2. The maximum absolute atomic E-state index is 13.3. The molecule has 1 aliphatic rings. The van der Waals surface area contributed by atoms with E-state index in [4.69, 9.17) is 11.6 Å². The fourth-order valence-electron chi connectivity index (χ4n) is 4.18. The number of rotatable bonds is 4. The number of aryl methyl sites for hydroxylation is 1. The van der Waals surface area contributed by atoms with Gasteiger partial charge in [0, 0.05) is 38.8 Å². The van der Waals surface area contributed by atoms with Crippen molar-refractivity contribution >= 4 is 45.0 Å². The molecule has 0 atom stereocenters. The molecular formula is C24H22ClN5O3S. The molecule has 0 saturated carbocycles. The molecule has 174 valence electrons. The van der Waals surface area contributed by atoms with Crippen LogP contribution in [0.1, 0.15) is 37.1 Å². The molecule has 8 nitrogen and oxygen atoms in total. The zero-order chi connectivity index (χ0) is 23.8. The lowest BCUT2D eigenvalue weighted by Crippen LogP contribution is -2.50. The van der Waals surface area contributed by atoms with Crippen molar-refractivity contribution in [3.8, 4) is 0 Å². The maximum Gasteiger partial charge on any atom is 0.270 e. The zero-order valence-electron chi connectivity index (χ0n) is 18.4. The summed E-state index contributed by atoms with van der Waals surface area (Å²) in [5, 5.41) is 0.940. The van der Waals surface area contributed by atoms with Crippen LogP contribution in [0.2, 0.25) is 5.02 Å². The molecule has 2 N–H and O–H groups in total. The predicted molar refractivity (Wildman–Crippen MR) is 132 cm³/mol. The van der Waals surface area contributed by atoms with E-state index in [0.717, 1.165) is 5.56 Å². The highest BCUT2D eigenvalue weighted by Gasteiger charge is 2.29. The van der Waals surface area contributed by atoms with Crippen LogP contribution >= 0.6 is 22.9 Å². The molecule has 0 spiro atoms. The molecule has 5 rings (SSSR count). The smallest absolute Gasteiger partial charge is 0.270 e. The summed E-state index contributed by atoms with van der Waals surface area (Å²) in [5.74, 6) is 0.291. The molecule has 0 bridgehead atoms. The normalized spacial score (nSPS) is 14.1. The monoisotopic (exact) mass is 495 g/mol. The Morgan fingerprint density at radius 2 is 1.76 bits per heavy atom. The number of hydrogen-bond acceptors (Lipinski definition) is 5. The van der Waals surface area contributed by atoms with Gasteiger partial charge in [0.1, 0.15) is 16.3 Å². The van der Waals surface area contributed by atoms with Crippen molar-refractivity contribution in [2.45, 2.75) is 13.3 Å². The fourth-order valence-corrected chi connectivity index (χ4v) is 5.52. The largest absolute Gasteiger partial charge is 0.356 e. The van der Waals surface area contributed by atoms with E-state index in [0.29, 0.717) is 69.8 Å². The number of fused-ring (bicyclic) bond motifs is 1. The number of carbonyl (C=O) groups excluding carboxylic acids is 2. The molecule has 0 unspecified atom stereocenters. The van der Waals surface area contributed by atoms with Crippen molar-refractivity contribution in [2.24, 2.45) is 0 Å². The van der Waals surface area contributed by atoms with Gasteiger partial charge in [-0.3, -0.25) is 14.4 Å². The van der Waals surface area contributed by atoms with Crippen LogP contribution in [0.3, 0.4) is 0 Å². The molecule has 3 aromatic heterocycles. The average molecular weight is 496 g/mol. The van der Waals surface area contributed by atoms with Crippen LogP contribution in [-0.4, -0.2) is 62.7 Å². The summed E-state index contributed by atoms with van der Waals surface area (Å²) in [7, 11) is 0. The maximum atomic E-state index is 13.3. The highest BCUT2D eigenvalue weighted by molar-refractivity contribution is 7.20. The molecule has 4 aromatic rings. The zero-order valence-corrected chi connectivity index (χ0v) is 20.0. The third-order valence-electron chi connectivity index (χ3n) is 5.99. The average Bonchev–Trinajstić information content (AvgIpc) is 3.42. The van der Waals surface area contributed by atoms with Crippen molar-refractivity contribution in [2.75, 3.05) is 26.2 Å². The van der Waals surface area contributed by atoms with Gasteiger partial charge in [-0.2, -0.15) is 0 Å². The van der Waals surface area contributed by atoms with Crippen LogP contribution in [0.15, 0.2) is 47.4 Å². The van der Waals surface area contributed by atoms with Gasteiger partial charge in [-0.15, -0.1) is 11.3 Å². The molecule has 0 aliphatic carbocycles. The third kappa shape index (κ3) is 4.24. The van der Waals surface area contributed by atoms with Crippen LogP contribution in [0.25, 0.3) is 10.2 Å². The summed E-state index contributed by atoms with van der Waals surface area (Å²) in [5.41, 5.74) is 1.89. The van der Waals surface area contributed by atoms with Crippen molar-refractivity contribution in [3.63, 3.8) is 0 Å². The summed E-state index contributed by atoms with van der Waals surface area (Å²) in [6, 6.07) is 11.4. The van der Waals surface area contributed by atoms with Gasteiger partial charge < -0.3 is 19.8 Å². The molecule has 1 aliphatic heterocycles. The fraction of sp³-hybridized carbons (Fsp3) is 0.250. The van der Waals surface area contributed by atoms with Crippen LogP contribution in [0.5, 0.6) is 0 Å². The molecule has 2 amide bonds. The first-order chi connectivity index (χ1) is 16.4. The van der Waals surface area contributed by atoms with Gasteiger partial charge in [-0.05, 0) is 24.1 Å².